The quantitative estimate of drug-likeness (QED) is 0.134. The van der Waals surface area contributed by atoms with E-state index in [1.165, 1.54) is 57.8 Å². The highest BCUT2D eigenvalue weighted by molar-refractivity contribution is 7.99. The third-order valence-corrected chi connectivity index (χ3v) is 6.06. The monoisotopic (exact) mass is 434 g/mol. The molecule has 0 aliphatic heterocycles. The normalized spacial score (nSPS) is 11.0. The molecule has 0 fully saturated rings. The molecule has 7 nitrogen and oxygen atoms in total. The molecule has 1 heterocycles. The third-order valence-electron chi connectivity index (χ3n) is 5.01. The van der Waals surface area contributed by atoms with Gasteiger partial charge in [0.1, 0.15) is 5.75 Å². The number of hydrogen-bond donors (Lipinski definition) is 0. The fraction of sp³-hybridized carbons (Fsp3) is 0.636. The highest BCUT2D eigenvalue weighted by Crippen LogP contribution is 2.22. The number of hydrogen-bond acceptors (Lipinski definition) is 6. The van der Waals surface area contributed by atoms with Crippen LogP contribution in [0.3, 0.4) is 0 Å². The summed E-state index contributed by atoms with van der Waals surface area (Å²) < 4.78 is 6.80. The van der Waals surface area contributed by atoms with Gasteiger partial charge < -0.3 is 14.9 Å². The van der Waals surface area contributed by atoms with Crippen LogP contribution < -0.4 is 4.74 Å². The standard InChI is InChI=1S/C22H34N4O3S/c1-3-4-5-6-7-8-9-10-11-12-17-30-22-23-21(26(27)28)24-25(22)18-19-13-15-20(29-2)16-14-19/h13-16H,3-12,17-18H2,1-2H3. The zero-order valence-electron chi connectivity index (χ0n) is 18.2. The Labute approximate surface area is 183 Å². The molecule has 0 spiro atoms. The lowest BCUT2D eigenvalue weighted by Gasteiger charge is -2.04. The Morgan fingerprint density at radius 3 is 2.17 bits per heavy atom. The summed E-state index contributed by atoms with van der Waals surface area (Å²) >= 11 is 1.55. The zero-order valence-corrected chi connectivity index (χ0v) is 19.0. The first kappa shape index (κ1) is 24.2. The maximum Gasteiger partial charge on any atom is 0.492 e. The first-order valence-electron chi connectivity index (χ1n) is 11.0. The van der Waals surface area contributed by atoms with Crippen molar-refractivity contribution < 1.29 is 9.66 Å². The number of benzene rings is 1. The number of unbranched alkanes of at least 4 members (excludes halogenated alkanes) is 9. The van der Waals surface area contributed by atoms with Crippen LogP contribution in [0.15, 0.2) is 29.4 Å². The van der Waals surface area contributed by atoms with E-state index in [1.807, 2.05) is 24.3 Å². The fourth-order valence-corrected chi connectivity index (χ4v) is 4.19. The van der Waals surface area contributed by atoms with E-state index in [1.54, 1.807) is 23.6 Å². The summed E-state index contributed by atoms with van der Waals surface area (Å²) in [5.41, 5.74) is 0.997. The van der Waals surface area contributed by atoms with Gasteiger partial charge in [-0.15, -0.1) is 0 Å². The summed E-state index contributed by atoms with van der Waals surface area (Å²) in [4.78, 5) is 14.7. The second-order valence-corrected chi connectivity index (χ2v) is 8.55. The first-order chi connectivity index (χ1) is 14.6. The van der Waals surface area contributed by atoms with Crippen molar-refractivity contribution in [3.63, 3.8) is 0 Å². The van der Waals surface area contributed by atoms with Gasteiger partial charge in [0, 0.05) is 10.9 Å². The topological polar surface area (TPSA) is 83.1 Å². The molecule has 0 aliphatic rings. The van der Waals surface area contributed by atoms with Gasteiger partial charge in [-0.2, -0.15) is 4.68 Å². The van der Waals surface area contributed by atoms with Gasteiger partial charge in [-0.25, -0.2) is 0 Å². The van der Waals surface area contributed by atoms with Crippen molar-refractivity contribution in [3.05, 3.63) is 39.9 Å². The Morgan fingerprint density at radius 1 is 1.00 bits per heavy atom. The van der Waals surface area contributed by atoms with Gasteiger partial charge in [-0.05, 0) is 34.0 Å². The van der Waals surface area contributed by atoms with Crippen LogP contribution in [0.25, 0.3) is 0 Å². The highest BCUT2D eigenvalue weighted by Gasteiger charge is 2.21. The molecule has 2 rings (SSSR count). The van der Waals surface area contributed by atoms with E-state index in [-0.39, 0.29) is 5.95 Å². The zero-order chi connectivity index (χ0) is 21.6. The number of aromatic nitrogens is 3. The lowest BCUT2D eigenvalue weighted by atomic mass is 10.1. The molecular formula is C22H34N4O3S. The molecule has 1 aromatic heterocycles. The average Bonchev–Trinajstić information content (AvgIpc) is 3.15. The SMILES string of the molecule is CCCCCCCCCCCCSc1nc([N+](=O)[O-])nn1Cc1ccc(OC)cc1. The summed E-state index contributed by atoms with van der Waals surface area (Å²) in [6.07, 6.45) is 12.9. The molecule has 0 bridgehead atoms. The van der Waals surface area contributed by atoms with Crippen molar-refractivity contribution in [2.75, 3.05) is 12.9 Å². The summed E-state index contributed by atoms with van der Waals surface area (Å²) in [5, 5.41) is 15.8. The van der Waals surface area contributed by atoms with Crippen LogP contribution in [0.1, 0.15) is 76.7 Å². The number of thioether (sulfide) groups is 1. The molecule has 1 aromatic carbocycles. The molecule has 0 radical (unpaired) electrons. The van der Waals surface area contributed by atoms with Crippen LogP contribution in [-0.2, 0) is 6.54 Å². The maximum atomic E-state index is 11.1. The molecular weight excluding hydrogens is 400 g/mol. The predicted molar refractivity (Wildman–Crippen MR) is 121 cm³/mol. The molecule has 30 heavy (non-hydrogen) atoms. The molecule has 0 atom stereocenters. The molecule has 8 heteroatoms. The van der Waals surface area contributed by atoms with Gasteiger partial charge in [0.2, 0.25) is 0 Å². The molecule has 0 unspecified atom stereocenters. The lowest BCUT2D eigenvalue weighted by Crippen LogP contribution is -2.04. The Kier molecular flexibility index (Phi) is 11.3. The number of nitro groups is 1. The molecule has 2 aromatic rings. The Hall–Kier alpha value is -2.09. The third kappa shape index (κ3) is 8.73. The highest BCUT2D eigenvalue weighted by atomic mass is 32.2. The average molecular weight is 435 g/mol. The van der Waals surface area contributed by atoms with Crippen molar-refractivity contribution in [3.8, 4) is 5.75 Å². The van der Waals surface area contributed by atoms with Crippen LogP contribution in [-0.4, -0.2) is 32.6 Å². The number of ether oxygens (including phenoxy) is 1. The van der Waals surface area contributed by atoms with Gasteiger partial charge in [0.15, 0.2) is 0 Å². The lowest BCUT2D eigenvalue weighted by molar-refractivity contribution is -0.394. The van der Waals surface area contributed by atoms with E-state index in [0.717, 1.165) is 23.5 Å². The first-order valence-corrected chi connectivity index (χ1v) is 12.0. The van der Waals surface area contributed by atoms with E-state index in [4.69, 9.17) is 4.74 Å². The Morgan fingerprint density at radius 2 is 1.60 bits per heavy atom. The molecule has 0 saturated carbocycles. The van der Waals surface area contributed by atoms with E-state index in [2.05, 4.69) is 17.0 Å². The van der Waals surface area contributed by atoms with Gasteiger partial charge in [0.05, 0.1) is 13.7 Å². The minimum Gasteiger partial charge on any atom is -0.497 e. The Balaban J connectivity index is 1.74. The molecule has 166 valence electrons. The second kappa shape index (κ2) is 14.0. The molecule has 0 saturated heterocycles. The summed E-state index contributed by atoms with van der Waals surface area (Å²) in [5.74, 6) is 1.34. The van der Waals surface area contributed by atoms with E-state index < -0.39 is 4.92 Å². The van der Waals surface area contributed by atoms with Crippen LogP contribution in [0.2, 0.25) is 0 Å². The Bertz CT molecular complexity index is 749. The van der Waals surface area contributed by atoms with Gasteiger partial charge in [0.25, 0.3) is 5.16 Å². The number of methoxy groups -OCH3 is 1. The molecule has 0 N–H and O–H groups in total. The smallest absolute Gasteiger partial charge is 0.492 e. The summed E-state index contributed by atoms with van der Waals surface area (Å²) in [6, 6.07) is 7.61. The van der Waals surface area contributed by atoms with E-state index in [0.29, 0.717) is 11.7 Å². The van der Waals surface area contributed by atoms with Gasteiger partial charge in [-0.1, -0.05) is 88.6 Å². The predicted octanol–water partition coefficient (Wildman–Crippen LogP) is 6.26. The van der Waals surface area contributed by atoms with E-state index >= 15 is 0 Å². The van der Waals surface area contributed by atoms with Crippen LogP contribution in [0, 0.1) is 10.1 Å². The summed E-state index contributed by atoms with van der Waals surface area (Å²) in [7, 11) is 1.62. The fourth-order valence-electron chi connectivity index (χ4n) is 3.26. The van der Waals surface area contributed by atoms with Crippen molar-refractivity contribution in [2.24, 2.45) is 0 Å². The maximum absolute atomic E-state index is 11.1. The van der Waals surface area contributed by atoms with Crippen molar-refractivity contribution >= 4 is 17.7 Å². The van der Waals surface area contributed by atoms with Crippen LogP contribution >= 0.6 is 11.8 Å². The largest absolute Gasteiger partial charge is 0.497 e. The van der Waals surface area contributed by atoms with Crippen molar-refractivity contribution in [1.82, 2.24) is 14.8 Å². The van der Waals surface area contributed by atoms with E-state index in [9.17, 15) is 10.1 Å². The minimum absolute atomic E-state index is 0.339. The van der Waals surface area contributed by atoms with Crippen molar-refractivity contribution in [1.29, 1.82) is 0 Å². The van der Waals surface area contributed by atoms with Gasteiger partial charge >= 0.3 is 5.95 Å². The number of nitrogens with zero attached hydrogens (tertiary/aromatic N) is 4. The summed E-state index contributed by atoms with van der Waals surface area (Å²) in [6.45, 7) is 2.70. The number of rotatable bonds is 16. The van der Waals surface area contributed by atoms with Crippen molar-refractivity contribution in [2.45, 2.75) is 82.8 Å². The minimum atomic E-state index is -0.533. The second-order valence-electron chi connectivity index (χ2n) is 7.49. The molecule has 0 aliphatic carbocycles. The van der Waals surface area contributed by atoms with Crippen LogP contribution in [0.5, 0.6) is 5.75 Å². The van der Waals surface area contributed by atoms with Crippen LogP contribution in [0.4, 0.5) is 5.95 Å². The molecule has 0 amide bonds. The van der Waals surface area contributed by atoms with Gasteiger partial charge in [-0.3, -0.25) is 0 Å².